The van der Waals surface area contributed by atoms with E-state index in [0.717, 1.165) is 30.2 Å². The van der Waals surface area contributed by atoms with Crippen LogP contribution in [0.3, 0.4) is 0 Å². The van der Waals surface area contributed by atoms with Crippen LogP contribution < -0.4 is 5.32 Å². The zero-order chi connectivity index (χ0) is 21.6. The van der Waals surface area contributed by atoms with E-state index < -0.39 is 11.9 Å². The van der Waals surface area contributed by atoms with Gasteiger partial charge in [-0.3, -0.25) is 4.79 Å². The summed E-state index contributed by atoms with van der Waals surface area (Å²) >= 11 is 0. The van der Waals surface area contributed by atoms with E-state index in [2.05, 4.69) is 15.3 Å². The van der Waals surface area contributed by atoms with Crippen LogP contribution in [0.25, 0.3) is 11.1 Å². The molecule has 3 atom stereocenters. The number of benzene rings is 1. The molecule has 2 fully saturated rings. The molecular weight excluding hydrogens is 409 g/mol. The van der Waals surface area contributed by atoms with Crippen molar-refractivity contribution < 1.29 is 22.4 Å². The summed E-state index contributed by atoms with van der Waals surface area (Å²) in [6, 6.07) is 11.1. The molecule has 3 aromatic rings. The fourth-order valence-corrected chi connectivity index (χ4v) is 4.60. The molecule has 1 amide bonds. The maximum atomic E-state index is 13.3. The van der Waals surface area contributed by atoms with E-state index in [1.807, 2.05) is 30.3 Å². The molecule has 5 rings (SSSR count). The number of likely N-dealkylation sites (tertiary alicyclic amines) is 1. The standard InChI is InChI=1S/C22H19F3N4O2/c23-22(24,25)18-10-27-19(11-26-18)28-16-8-13-9-17(16)29(12-13)21(30)20-15(6-7-31-20)14-4-2-1-3-5-14/h1-7,10-11,13,16-17H,8-9,12H2,(H,27,28)/t13-,16?,17?/m0/s1. The van der Waals surface area contributed by atoms with Gasteiger partial charge in [0.15, 0.2) is 11.5 Å². The molecular formula is C22H19F3N4O2. The Kier molecular flexibility index (Phi) is 4.68. The highest BCUT2D eigenvalue weighted by Crippen LogP contribution is 2.40. The van der Waals surface area contributed by atoms with Crippen LogP contribution in [-0.4, -0.2) is 39.4 Å². The summed E-state index contributed by atoms with van der Waals surface area (Å²) in [4.78, 5) is 22.4. The number of halogens is 3. The van der Waals surface area contributed by atoms with Crippen molar-refractivity contribution >= 4 is 11.7 Å². The van der Waals surface area contributed by atoms with E-state index in [1.165, 1.54) is 6.26 Å². The third-order valence-electron chi connectivity index (χ3n) is 5.96. The van der Waals surface area contributed by atoms with Crippen LogP contribution in [0.1, 0.15) is 29.1 Å². The molecule has 0 radical (unpaired) electrons. The van der Waals surface area contributed by atoms with E-state index >= 15 is 0 Å². The number of carbonyl (C=O) groups is 1. The fourth-order valence-electron chi connectivity index (χ4n) is 4.60. The Balaban J connectivity index is 1.33. The van der Waals surface area contributed by atoms with Crippen LogP contribution in [-0.2, 0) is 6.18 Å². The average molecular weight is 428 g/mol. The lowest BCUT2D eigenvalue weighted by molar-refractivity contribution is -0.141. The van der Waals surface area contributed by atoms with Gasteiger partial charge in [0.1, 0.15) is 5.82 Å². The lowest BCUT2D eigenvalue weighted by Crippen LogP contribution is -2.47. The second kappa shape index (κ2) is 7.40. The normalized spacial score (nSPS) is 22.7. The van der Waals surface area contributed by atoms with Crippen molar-refractivity contribution in [2.45, 2.75) is 31.1 Å². The smallest absolute Gasteiger partial charge is 0.434 e. The van der Waals surface area contributed by atoms with E-state index in [1.54, 1.807) is 11.0 Å². The van der Waals surface area contributed by atoms with E-state index in [4.69, 9.17) is 4.42 Å². The van der Waals surface area contributed by atoms with Gasteiger partial charge in [-0.25, -0.2) is 9.97 Å². The molecule has 1 saturated carbocycles. The van der Waals surface area contributed by atoms with Crippen molar-refractivity contribution in [1.82, 2.24) is 14.9 Å². The lowest BCUT2D eigenvalue weighted by Gasteiger charge is -2.33. The Hall–Kier alpha value is -3.36. The zero-order valence-electron chi connectivity index (χ0n) is 16.3. The summed E-state index contributed by atoms with van der Waals surface area (Å²) in [5.41, 5.74) is 0.610. The van der Waals surface area contributed by atoms with E-state index in [9.17, 15) is 18.0 Å². The lowest BCUT2D eigenvalue weighted by atomic mass is 10.0. The SMILES string of the molecule is O=C(c1occc1-c1ccccc1)N1C[C@H]2CC(Nc3cnc(C(F)(F)F)cn3)C1C2. The van der Waals surface area contributed by atoms with Crippen molar-refractivity contribution in [2.24, 2.45) is 5.92 Å². The predicted octanol–water partition coefficient (Wildman–Crippen LogP) is 4.47. The summed E-state index contributed by atoms with van der Waals surface area (Å²) in [7, 11) is 0. The van der Waals surface area contributed by atoms with Gasteiger partial charge in [-0.1, -0.05) is 30.3 Å². The molecule has 31 heavy (non-hydrogen) atoms. The van der Waals surface area contributed by atoms with Gasteiger partial charge in [-0.05, 0) is 30.4 Å². The molecule has 0 spiro atoms. The first kappa shape index (κ1) is 19.6. The Morgan fingerprint density at radius 2 is 1.90 bits per heavy atom. The molecule has 1 aromatic carbocycles. The quantitative estimate of drug-likeness (QED) is 0.664. The Bertz CT molecular complexity index is 1080. The third-order valence-corrected chi connectivity index (χ3v) is 5.96. The molecule has 1 N–H and O–H groups in total. The van der Waals surface area contributed by atoms with Gasteiger partial charge in [0.2, 0.25) is 0 Å². The minimum atomic E-state index is -4.53. The molecule has 2 bridgehead atoms. The van der Waals surface area contributed by atoms with Crippen molar-refractivity contribution in [1.29, 1.82) is 0 Å². The number of nitrogens with zero attached hydrogens (tertiary/aromatic N) is 3. The summed E-state index contributed by atoms with van der Waals surface area (Å²) in [6.45, 7) is 0.634. The Morgan fingerprint density at radius 1 is 1.10 bits per heavy atom. The highest BCUT2D eigenvalue weighted by Gasteiger charge is 2.48. The topological polar surface area (TPSA) is 71.3 Å². The van der Waals surface area contributed by atoms with Crippen LogP contribution in [0.15, 0.2) is 59.5 Å². The number of alkyl halides is 3. The molecule has 1 saturated heterocycles. The van der Waals surface area contributed by atoms with Crippen LogP contribution in [0.2, 0.25) is 0 Å². The first-order chi connectivity index (χ1) is 14.9. The molecule has 3 heterocycles. The number of anilines is 1. The number of hydrogen-bond donors (Lipinski definition) is 1. The number of carbonyl (C=O) groups excluding carboxylic acids is 1. The number of furan rings is 1. The maximum absolute atomic E-state index is 13.3. The number of fused-ring (bicyclic) bond motifs is 2. The van der Waals surface area contributed by atoms with Gasteiger partial charge in [-0.15, -0.1) is 0 Å². The zero-order valence-corrected chi connectivity index (χ0v) is 16.3. The molecule has 2 aliphatic rings. The van der Waals surface area contributed by atoms with Crippen LogP contribution in [0.5, 0.6) is 0 Å². The van der Waals surface area contributed by atoms with Gasteiger partial charge in [0, 0.05) is 18.2 Å². The van der Waals surface area contributed by atoms with Crippen molar-refractivity contribution in [2.75, 3.05) is 11.9 Å². The Morgan fingerprint density at radius 3 is 2.58 bits per heavy atom. The molecule has 160 valence electrons. The molecule has 1 aliphatic heterocycles. The molecule has 6 nitrogen and oxygen atoms in total. The number of rotatable bonds is 4. The van der Waals surface area contributed by atoms with Crippen LogP contribution >= 0.6 is 0 Å². The van der Waals surface area contributed by atoms with E-state index in [0.29, 0.717) is 24.4 Å². The van der Waals surface area contributed by atoms with Crippen LogP contribution in [0, 0.1) is 5.92 Å². The van der Waals surface area contributed by atoms with E-state index in [-0.39, 0.29) is 23.8 Å². The monoisotopic (exact) mass is 428 g/mol. The number of piperidine rings is 1. The maximum Gasteiger partial charge on any atom is 0.434 e. The average Bonchev–Trinajstić information content (AvgIpc) is 3.49. The van der Waals surface area contributed by atoms with Gasteiger partial charge in [0.05, 0.1) is 24.7 Å². The summed E-state index contributed by atoms with van der Waals surface area (Å²) in [6.07, 6.45) is 0.437. The van der Waals surface area contributed by atoms with Gasteiger partial charge < -0.3 is 14.6 Å². The molecule has 2 aromatic heterocycles. The largest absolute Gasteiger partial charge is 0.459 e. The predicted molar refractivity (Wildman–Crippen MR) is 106 cm³/mol. The number of hydrogen-bond acceptors (Lipinski definition) is 5. The summed E-state index contributed by atoms with van der Waals surface area (Å²) in [5.74, 6) is 0.707. The second-order valence-corrected chi connectivity index (χ2v) is 7.93. The van der Waals surface area contributed by atoms with Gasteiger partial charge in [-0.2, -0.15) is 13.2 Å². The summed E-state index contributed by atoms with van der Waals surface area (Å²) in [5, 5.41) is 3.16. The minimum absolute atomic E-state index is 0.0877. The van der Waals surface area contributed by atoms with Crippen molar-refractivity contribution in [3.8, 4) is 11.1 Å². The Labute approximate surface area is 176 Å². The first-order valence-corrected chi connectivity index (χ1v) is 10.00. The number of aromatic nitrogens is 2. The highest BCUT2D eigenvalue weighted by atomic mass is 19.4. The van der Waals surface area contributed by atoms with Crippen molar-refractivity contribution in [3.05, 3.63) is 66.5 Å². The summed E-state index contributed by atoms with van der Waals surface area (Å²) < 4.78 is 43.7. The van der Waals surface area contributed by atoms with Crippen LogP contribution in [0.4, 0.5) is 19.0 Å². The molecule has 9 heteroatoms. The second-order valence-electron chi connectivity index (χ2n) is 7.93. The number of nitrogens with one attached hydrogen (secondary N) is 1. The minimum Gasteiger partial charge on any atom is -0.459 e. The highest BCUT2D eigenvalue weighted by molar-refractivity contribution is 5.98. The van der Waals surface area contributed by atoms with Gasteiger partial charge in [0.25, 0.3) is 5.91 Å². The molecule has 1 aliphatic carbocycles. The van der Waals surface area contributed by atoms with Crippen molar-refractivity contribution in [3.63, 3.8) is 0 Å². The third kappa shape index (κ3) is 3.64. The fraction of sp³-hybridized carbons (Fsp3) is 0.318. The first-order valence-electron chi connectivity index (χ1n) is 10.00. The van der Waals surface area contributed by atoms with Gasteiger partial charge >= 0.3 is 6.18 Å². The molecule has 2 unspecified atom stereocenters. The number of amides is 1.